The highest BCUT2D eigenvalue weighted by molar-refractivity contribution is 4.83. The Morgan fingerprint density at radius 3 is 3.17 bits per heavy atom. The molecule has 1 aromatic heterocycles. The molecule has 0 aromatic carbocycles. The molecule has 0 bridgehead atoms. The Morgan fingerprint density at radius 1 is 1.67 bits per heavy atom. The second kappa shape index (κ2) is 3.10. The molecule has 1 unspecified atom stereocenters. The van der Waals surface area contributed by atoms with E-state index in [0.717, 1.165) is 25.9 Å². The molecule has 0 amide bonds. The molecule has 2 rings (SSSR count). The molecule has 5 nitrogen and oxygen atoms in total. The van der Waals surface area contributed by atoms with Gasteiger partial charge in [0.2, 0.25) is 5.89 Å². The highest BCUT2D eigenvalue weighted by Crippen LogP contribution is 2.11. The van der Waals surface area contributed by atoms with Crippen LogP contribution in [0.25, 0.3) is 0 Å². The Hall–Kier alpha value is -1.10. The number of aromatic amines is 1. The van der Waals surface area contributed by atoms with E-state index in [2.05, 4.69) is 15.5 Å². The number of hydrogen-bond acceptors (Lipinski definition) is 4. The van der Waals surface area contributed by atoms with Crippen molar-refractivity contribution in [2.24, 2.45) is 5.92 Å². The molecule has 1 atom stereocenters. The molecule has 1 aliphatic rings. The van der Waals surface area contributed by atoms with E-state index in [1.807, 2.05) is 0 Å². The van der Waals surface area contributed by atoms with Gasteiger partial charge in [0.15, 0.2) is 0 Å². The predicted octanol–water partition coefficient (Wildman–Crippen LogP) is -0.485. The minimum atomic E-state index is -0.393. The average Bonchev–Trinajstić information content (AvgIpc) is 2.63. The van der Waals surface area contributed by atoms with Gasteiger partial charge < -0.3 is 9.84 Å². The summed E-state index contributed by atoms with van der Waals surface area (Å²) in [5, 5.41) is 5.42. The molecule has 1 aliphatic heterocycles. The summed E-state index contributed by atoms with van der Waals surface area (Å²) in [6.07, 6.45) is 1.89. The molecule has 5 heteroatoms. The van der Waals surface area contributed by atoms with Gasteiger partial charge in [0.25, 0.3) is 0 Å². The van der Waals surface area contributed by atoms with Crippen molar-refractivity contribution in [2.45, 2.75) is 12.8 Å². The number of aromatic nitrogens is 2. The second-order valence-corrected chi connectivity index (χ2v) is 3.08. The van der Waals surface area contributed by atoms with E-state index in [1.165, 1.54) is 0 Å². The van der Waals surface area contributed by atoms with Crippen molar-refractivity contribution in [3.8, 4) is 0 Å². The van der Waals surface area contributed by atoms with E-state index >= 15 is 0 Å². The number of H-pyrrole nitrogens is 1. The number of hydrogen-bond donors (Lipinski definition) is 2. The standard InChI is InChI=1S/C7H11N3O2/c11-7-9-6(12-10-7)3-5-1-2-8-4-5/h5,8H,1-4H2,(H,10,11). The molecule has 1 aromatic rings. The maximum absolute atomic E-state index is 10.6. The quantitative estimate of drug-likeness (QED) is 0.627. The SMILES string of the molecule is O=c1nc(CC2CCNC2)o[nH]1. The third-order valence-electron chi connectivity index (χ3n) is 2.11. The van der Waals surface area contributed by atoms with Gasteiger partial charge in [-0.2, -0.15) is 10.1 Å². The number of rotatable bonds is 2. The summed E-state index contributed by atoms with van der Waals surface area (Å²) in [5.74, 6) is 1.09. The largest absolute Gasteiger partial charge is 0.377 e. The molecule has 66 valence electrons. The first-order chi connectivity index (χ1) is 5.84. The summed E-state index contributed by atoms with van der Waals surface area (Å²) in [7, 11) is 0. The summed E-state index contributed by atoms with van der Waals surface area (Å²) in [6.45, 7) is 2.05. The van der Waals surface area contributed by atoms with Crippen LogP contribution in [0.2, 0.25) is 0 Å². The average molecular weight is 169 g/mol. The molecule has 12 heavy (non-hydrogen) atoms. The van der Waals surface area contributed by atoms with Crippen LogP contribution in [0.3, 0.4) is 0 Å². The Kier molecular flexibility index (Phi) is 1.95. The minimum Gasteiger partial charge on any atom is -0.362 e. The fourth-order valence-electron chi connectivity index (χ4n) is 1.48. The van der Waals surface area contributed by atoms with E-state index in [-0.39, 0.29) is 0 Å². The molecular formula is C7H11N3O2. The molecule has 1 fully saturated rings. The zero-order chi connectivity index (χ0) is 8.39. The molecule has 0 spiro atoms. The highest BCUT2D eigenvalue weighted by atomic mass is 16.5. The van der Waals surface area contributed by atoms with Crippen molar-refractivity contribution in [3.63, 3.8) is 0 Å². The zero-order valence-corrected chi connectivity index (χ0v) is 6.67. The van der Waals surface area contributed by atoms with Gasteiger partial charge in [-0.15, -0.1) is 0 Å². The van der Waals surface area contributed by atoms with Gasteiger partial charge in [-0.25, -0.2) is 4.79 Å². The molecule has 2 N–H and O–H groups in total. The smallest absolute Gasteiger partial charge is 0.362 e. The number of nitrogens with one attached hydrogen (secondary N) is 2. The van der Waals surface area contributed by atoms with Crippen LogP contribution in [-0.4, -0.2) is 23.2 Å². The zero-order valence-electron chi connectivity index (χ0n) is 6.67. The Labute approximate surface area is 69.1 Å². The highest BCUT2D eigenvalue weighted by Gasteiger charge is 2.17. The molecule has 0 saturated carbocycles. The van der Waals surface area contributed by atoms with Crippen molar-refractivity contribution >= 4 is 0 Å². The van der Waals surface area contributed by atoms with Crippen molar-refractivity contribution < 1.29 is 4.52 Å². The lowest BCUT2D eigenvalue weighted by atomic mass is 10.1. The second-order valence-electron chi connectivity index (χ2n) is 3.08. The molecule has 2 heterocycles. The lowest BCUT2D eigenvalue weighted by molar-refractivity contribution is 0.354. The summed E-state index contributed by atoms with van der Waals surface area (Å²) < 4.78 is 4.85. The lowest BCUT2D eigenvalue weighted by Crippen LogP contribution is -2.11. The van der Waals surface area contributed by atoms with Gasteiger partial charge in [0, 0.05) is 6.42 Å². The van der Waals surface area contributed by atoms with E-state index in [0.29, 0.717) is 11.8 Å². The fourth-order valence-corrected chi connectivity index (χ4v) is 1.48. The van der Waals surface area contributed by atoms with Crippen LogP contribution in [0.1, 0.15) is 12.3 Å². The maximum atomic E-state index is 10.6. The Morgan fingerprint density at radius 2 is 2.58 bits per heavy atom. The van der Waals surface area contributed by atoms with E-state index in [1.54, 1.807) is 0 Å². The van der Waals surface area contributed by atoms with E-state index in [4.69, 9.17) is 4.52 Å². The van der Waals surface area contributed by atoms with E-state index < -0.39 is 5.69 Å². The first-order valence-electron chi connectivity index (χ1n) is 4.09. The first-order valence-corrected chi connectivity index (χ1v) is 4.09. The Bertz CT molecular complexity index is 298. The Balaban J connectivity index is 1.98. The molecular weight excluding hydrogens is 158 g/mol. The van der Waals surface area contributed by atoms with Crippen molar-refractivity contribution in [1.29, 1.82) is 0 Å². The van der Waals surface area contributed by atoms with Gasteiger partial charge in [-0.1, -0.05) is 0 Å². The first kappa shape index (κ1) is 7.54. The van der Waals surface area contributed by atoms with Crippen molar-refractivity contribution in [2.75, 3.05) is 13.1 Å². The van der Waals surface area contributed by atoms with Crippen molar-refractivity contribution in [1.82, 2.24) is 15.5 Å². The van der Waals surface area contributed by atoms with Crippen LogP contribution >= 0.6 is 0 Å². The topological polar surface area (TPSA) is 70.9 Å². The van der Waals surface area contributed by atoms with E-state index in [9.17, 15) is 4.79 Å². The predicted molar refractivity (Wildman–Crippen MR) is 41.8 cm³/mol. The summed E-state index contributed by atoms with van der Waals surface area (Å²) in [4.78, 5) is 14.3. The monoisotopic (exact) mass is 169 g/mol. The van der Waals surface area contributed by atoms with Crippen LogP contribution in [0.15, 0.2) is 9.32 Å². The normalized spacial score (nSPS) is 23.2. The summed E-state index contributed by atoms with van der Waals surface area (Å²) in [6, 6.07) is 0. The van der Waals surface area contributed by atoms with Gasteiger partial charge in [0.05, 0.1) is 0 Å². The molecule has 1 saturated heterocycles. The third-order valence-corrected chi connectivity index (χ3v) is 2.11. The van der Waals surface area contributed by atoms with Gasteiger partial charge in [-0.3, -0.25) is 0 Å². The summed E-state index contributed by atoms with van der Waals surface area (Å²) >= 11 is 0. The fraction of sp³-hybridized carbons (Fsp3) is 0.714. The maximum Gasteiger partial charge on any atom is 0.377 e. The third kappa shape index (κ3) is 1.55. The van der Waals surface area contributed by atoms with Crippen LogP contribution in [0, 0.1) is 5.92 Å². The van der Waals surface area contributed by atoms with Crippen LogP contribution in [0.5, 0.6) is 0 Å². The van der Waals surface area contributed by atoms with Crippen LogP contribution in [0.4, 0.5) is 0 Å². The molecule has 0 aliphatic carbocycles. The molecule has 0 radical (unpaired) electrons. The lowest BCUT2D eigenvalue weighted by Gasteiger charge is -2.01. The summed E-state index contributed by atoms with van der Waals surface area (Å²) in [5.41, 5.74) is -0.393. The van der Waals surface area contributed by atoms with Gasteiger partial charge >= 0.3 is 5.69 Å². The minimum absolute atomic E-state index is 0.393. The van der Waals surface area contributed by atoms with Crippen molar-refractivity contribution in [3.05, 3.63) is 16.4 Å². The van der Waals surface area contributed by atoms with Crippen LogP contribution < -0.4 is 11.0 Å². The van der Waals surface area contributed by atoms with Crippen LogP contribution in [-0.2, 0) is 6.42 Å². The van der Waals surface area contributed by atoms with Gasteiger partial charge in [0.1, 0.15) is 0 Å². The van der Waals surface area contributed by atoms with Gasteiger partial charge in [-0.05, 0) is 25.4 Å². The number of nitrogens with zero attached hydrogens (tertiary/aromatic N) is 1.